The average molecular weight is 471 g/mol. The van der Waals surface area contributed by atoms with Crippen LogP contribution >= 0.6 is 0 Å². The van der Waals surface area contributed by atoms with Crippen LogP contribution in [-0.4, -0.2) is 35.8 Å². The SMILES string of the molecule is CC(C)(C)OC(=O)N1CCC(c2ccc(CCC#N)cc2)C(OCc2ccc3ccccc3c2)C1. The topological polar surface area (TPSA) is 62.6 Å². The molecular formula is C30H34N2O3. The summed E-state index contributed by atoms with van der Waals surface area (Å²) in [5.74, 6) is 0.180. The molecule has 182 valence electrons. The van der Waals surface area contributed by atoms with Gasteiger partial charge in [-0.15, -0.1) is 0 Å². The highest BCUT2D eigenvalue weighted by atomic mass is 16.6. The normalized spacial score (nSPS) is 18.3. The van der Waals surface area contributed by atoms with Gasteiger partial charge in [0.15, 0.2) is 0 Å². The van der Waals surface area contributed by atoms with Gasteiger partial charge in [0.1, 0.15) is 5.60 Å². The van der Waals surface area contributed by atoms with E-state index in [9.17, 15) is 4.79 Å². The van der Waals surface area contributed by atoms with Crippen LogP contribution in [0.3, 0.4) is 0 Å². The third kappa shape index (κ3) is 6.61. The first-order chi connectivity index (χ1) is 16.8. The Morgan fingerprint density at radius 3 is 2.46 bits per heavy atom. The predicted molar refractivity (Wildman–Crippen MR) is 138 cm³/mol. The quantitative estimate of drug-likeness (QED) is 0.407. The van der Waals surface area contributed by atoms with E-state index in [0.29, 0.717) is 26.1 Å². The number of carbonyl (C=O) groups excluding carboxylic acids is 1. The summed E-state index contributed by atoms with van der Waals surface area (Å²) >= 11 is 0. The predicted octanol–water partition coefficient (Wildman–Crippen LogP) is 6.61. The van der Waals surface area contributed by atoms with Crippen LogP contribution in [0.2, 0.25) is 0 Å². The van der Waals surface area contributed by atoms with Crippen LogP contribution in [0.25, 0.3) is 10.8 Å². The molecular weight excluding hydrogens is 436 g/mol. The molecule has 3 aromatic carbocycles. The van der Waals surface area contributed by atoms with Gasteiger partial charge in [0.05, 0.1) is 25.3 Å². The van der Waals surface area contributed by atoms with E-state index in [1.54, 1.807) is 4.90 Å². The molecule has 0 radical (unpaired) electrons. The molecule has 1 aliphatic heterocycles. The Bertz CT molecular complexity index is 1190. The van der Waals surface area contributed by atoms with Crippen molar-refractivity contribution < 1.29 is 14.3 Å². The highest BCUT2D eigenvalue weighted by molar-refractivity contribution is 5.82. The summed E-state index contributed by atoms with van der Waals surface area (Å²) in [6, 6.07) is 25.4. The van der Waals surface area contributed by atoms with E-state index in [1.807, 2.05) is 32.9 Å². The minimum absolute atomic E-state index is 0.146. The number of likely N-dealkylation sites (tertiary alicyclic amines) is 1. The number of carbonyl (C=O) groups is 1. The monoisotopic (exact) mass is 470 g/mol. The van der Waals surface area contributed by atoms with Crippen LogP contribution in [-0.2, 0) is 22.5 Å². The van der Waals surface area contributed by atoms with E-state index >= 15 is 0 Å². The maximum absolute atomic E-state index is 12.8. The number of nitrogens with zero attached hydrogens (tertiary/aromatic N) is 2. The number of benzene rings is 3. The molecule has 0 aliphatic carbocycles. The summed E-state index contributed by atoms with van der Waals surface area (Å²) in [6.45, 7) is 7.26. The summed E-state index contributed by atoms with van der Waals surface area (Å²) in [7, 11) is 0. The molecule has 0 saturated carbocycles. The molecule has 1 amide bonds. The number of hydrogen-bond acceptors (Lipinski definition) is 4. The molecule has 1 heterocycles. The van der Waals surface area contributed by atoms with Crippen molar-refractivity contribution in [3.8, 4) is 6.07 Å². The second-order valence-corrected chi connectivity index (χ2v) is 10.3. The van der Waals surface area contributed by atoms with Gasteiger partial charge >= 0.3 is 6.09 Å². The van der Waals surface area contributed by atoms with Gasteiger partial charge in [0, 0.05) is 18.9 Å². The third-order valence-electron chi connectivity index (χ3n) is 6.42. The van der Waals surface area contributed by atoms with Crippen molar-refractivity contribution in [1.82, 2.24) is 4.90 Å². The molecule has 0 aromatic heterocycles. The molecule has 5 nitrogen and oxygen atoms in total. The molecule has 1 fully saturated rings. The molecule has 0 bridgehead atoms. The summed E-state index contributed by atoms with van der Waals surface area (Å²) in [5, 5.41) is 11.3. The van der Waals surface area contributed by atoms with Crippen LogP contribution in [0.4, 0.5) is 4.79 Å². The molecule has 1 aliphatic rings. The molecule has 2 unspecified atom stereocenters. The van der Waals surface area contributed by atoms with Crippen molar-refractivity contribution in [1.29, 1.82) is 5.26 Å². The Morgan fingerprint density at radius 1 is 1.03 bits per heavy atom. The van der Waals surface area contributed by atoms with E-state index < -0.39 is 5.60 Å². The number of piperidine rings is 1. The first-order valence-corrected chi connectivity index (χ1v) is 12.4. The van der Waals surface area contributed by atoms with Crippen molar-refractivity contribution in [2.45, 2.75) is 64.3 Å². The number of ether oxygens (including phenoxy) is 2. The maximum Gasteiger partial charge on any atom is 0.410 e. The maximum atomic E-state index is 12.8. The van der Waals surface area contributed by atoms with Gasteiger partial charge in [0.25, 0.3) is 0 Å². The molecule has 1 saturated heterocycles. The van der Waals surface area contributed by atoms with Crippen LogP contribution in [0.15, 0.2) is 66.7 Å². The molecule has 2 atom stereocenters. The first kappa shape index (κ1) is 24.8. The van der Waals surface area contributed by atoms with Crippen molar-refractivity contribution in [2.75, 3.05) is 13.1 Å². The number of hydrogen-bond donors (Lipinski definition) is 0. The second kappa shape index (κ2) is 10.9. The third-order valence-corrected chi connectivity index (χ3v) is 6.42. The Balaban J connectivity index is 1.51. The minimum atomic E-state index is -0.533. The van der Waals surface area contributed by atoms with Gasteiger partial charge in [-0.3, -0.25) is 0 Å². The van der Waals surface area contributed by atoms with Crippen LogP contribution < -0.4 is 0 Å². The van der Waals surface area contributed by atoms with E-state index in [4.69, 9.17) is 14.7 Å². The zero-order chi connectivity index (χ0) is 24.8. The van der Waals surface area contributed by atoms with E-state index in [-0.39, 0.29) is 18.1 Å². The second-order valence-electron chi connectivity index (χ2n) is 10.3. The fraction of sp³-hybridized carbons (Fsp3) is 0.400. The van der Waals surface area contributed by atoms with Gasteiger partial charge in [-0.2, -0.15) is 5.26 Å². The molecule has 0 N–H and O–H groups in total. The standard InChI is InChI=1S/C30H34N2O3/c1-30(2,3)35-29(33)32-18-16-27(25-14-10-22(11-15-25)7-6-17-31)28(20-32)34-21-23-12-13-24-8-4-5-9-26(24)19-23/h4-5,8-15,19,27-28H,6-7,16,18,20-21H2,1-3H3. The lowest BCUT2D eigenvalue weighted by Crippen LogP contribution is -2.48. The number of nitriles is 1. The zero-order valence-electron chi connectivity index (χ0n) is 20.9. The Kier molecular flexibility index (Phi) is 7.73. The first-order valence-electron chi connectivity index (χ1n) is 12.4. The van der Waals surface area contributed by atoms with Crippen LogP contribution in [0.5, 0.6) is 0 Å². The Labute approximate surface area is 208 Å². The number of amides is 1. The van der Waals surface area contributed by atoms with Gasteiger partial charge in [0.2, 0.25) is 0 Å². The van der Waals surface area contributed by atoms with Crippen LogP contribution in [0.1, 0.15) is 56.2 Å². The average Bonchev–Trinajstić information content (AvgIpc) is 2.85. The van der Waals surface area contributed by atoms with Crippen LogP contribution in [0, 0.1) is 11.3 Å². The smallest absolute Gasteiger partial charge is 0.410 e. The fourth-order valence-electron chi connectivity index (χ4n) is 4.62. The van der Waals surface area contributed by atoms with Gasteiger partial charge in [-0.05, 0) is 67.1 Å². The summed E-state index contributed by atoms with van der Waals surface area (Å²) in [6.07, 6.45) is 1.65. The minimum Gasteiger partial charge on any atom is -0.444 e. The van der Waals surface area contributed by atoms with Crippen molar-refractivity contribution in [3.63, 3.8) is 0 Å². The summed E-state index contributed by atoms with van der Waals surface area (Å²) in [5.41, 5.74) is 2.95. The summed E-state index contributed by atoms with van der Waals surface area (Å²) < 4.78 is 12.1. The Hall–Kier alpha value is -3.36. The van der Waals surface area contributed by atoms with Crippen molar-refractivity contribution in [2.24, 2.45) is 0 Å². The molecule has 5 heteroatoms. The van der Waals surface area contributed by atoms with Gasteiger partial charge in [-0.25, -0.2) is 4.79 Å². The lowest BCUT2D eigenvalue weighted by atomic mass is 9.86. The van der Waals surface area contributed by atoms with E-state index in [2.05, 4.69) is 60.7 Å². The molecule has 0 spiro atoms. The highest BCUT2D eigenvalue weighted by Crippen LogP contribution is 2.32. The van der Waals surface area contributed by atoms with E-state index in [1.165, 1.54) is 16.3 Å². The van der Waals surface area contributed by atoms with Gasteiger partial charge in [-0.1, -0.05) is 60.7 Å². The van der Waals surface area contributed by atoms with Gasteiger partial charge < -0.3 is 14.4 Å². The number of aryl methyl sites for hydroxylation is 1. The number of fused-ring (bicyclic) bond motifs is 1. The summed E-state index contributed by atoms with van der Waals surface area (Å²) in [4.78, 5) is 14.6. The lowest BCUT2D eigenvalue weighted by Gasteiger charge is -2.39. The molecule has 35 heavy (non-hydrogen) atoms. The zero-order valence-corrected chi connectivity index (χ0v) is 20.9. The lowest BCUT2D eigenvalue weighted by molar-refractivity contribution is -0.0359. The van der Waals surface area contributed by atoms with Crippen molar-refractivity contribution >= 4 is 16.9 Å². The highest BCUT2D eigenvalue weighted by Gasteiger charge is 2.35. The largest absolute Gasteiger partial charge is 0.444 e. The Morgan fingerprint density at radius 2 is 1.74 bits per heavy atom. The van der Waals surface area contributed by atoms with Crippen molar-refractivity contribution in [3.05, 3.63) is 83.4 Å². The number of rotatable bonds is 6. The van der Waals surface area contributed by atoms with E-state index in [0.717, 1.165) is 24.0 Å². The fourth-order valence-corrected chi connectivity index (χ4v) is 4.62. The molecule has 4 rings (SSSR count). The molecule has 3 aromatic rings.